The number of benzene rings is 2. The van der Waals surface area contributed by atoms with Crippen LogP contribution >= 0.6 is 11.3 Å². The highest BCUT2D eigenvalue weighted by Gasteiger charge is 2.17. The maximum absolute atomic E-state index is 11.2. The largest absolute Gasteiger partial charge is 0.399 e. The van der Waals surface area contributed by atoms with Crippen molar-refractivity contribution in [2.75, 3.05) is 11.1 Å². The molecule has 1 heterocycles. The second-order valence-corrected chi connectivity index (χ2v) is 5.81. The molecule has 3 rings (SSSR count). The van der Waals surface area contributed by atoms with E-state index in [0.29, 0.717) is 11.4 Å². The molecule has 0 bridgehead atoms. The first-order valence-electron chi connectivity index (χ1n) is 6.21. The Balaban J connectivity index is 2.08. The molecule has 6 nitrogen and oxygen atoms in total. The van der Waals surface area contributed by atoms with E-state index in [1.807, 2.05) is 6.92 Å². The number of aryl methyl sites for hydroxylation is 1. The molecule has 2 aromatic carbocycles. The van der Waals surface area contributed by atoms with Gasteiger partial charge in [0.15, 0.2) is 0 Å². The first-order chi connectivity index (χ1) is 10.0. The molecular weight excluding hydrogens is 288 g/mol. The lowest BCUT2D eigenvalue weighted by Crippen LogP contribution is -1.97. The fourth-order valence-corrected chi connectivity index (χ4v) is 2.89. The number of nitrogen functional groups attached to an aromatic ring is 1. The van der Waals surface area contributed by atoms with Crippen molar-refractivity contribution in [2.24, 2.45) is 0 Å². The Hall–Kier alpha value is -2.67. The molecule has 1 aromatic heterocycles. The van der Waals surface area contributed by atoms with Gasteiger partial charge in [0.2, 0.25) is 0 Å². The number of nitrogens with one attached hydrogen (secondary N) is 1. The number of fused-ring (bicyclic) bond motifs is 1. The van der Waals surface area contributed by atoms with Gasteiger partial charge in [-0.2, -0.15) is 0 Å². The molecule has 0 saturated carbocycles. The van der Waals surface area contributed by atoms with E-state index >= 15 is 0 Å². The molecular formula is C14H12N4O2S. The van der Waals surface area contributed by atoms with Crippen LogP contribution in [0, 0.1) is 17.0 Å². The molecule has 0 aliphatic rings. The van der Waals surface area contributed by atoms with Crippen LogP contribution in [-0.2, 0) is 0 Å². The van der Waals surface area contributed by atoms with Crippen LogP contribution in [0.4, 0.5) is 22.7 Å². The lowest BCUT2D eigenvalue weighted by atomic mass is 10.2. The predicted octanol–water partition coefficient (Wildman–Crippen LogP) is 3.84. The third-order valence-electron chi connectivity index (χ3n) is 3.00. The van der Waals surface area contributed by atoms with Gasteiger partial charge in [-0.3, -0.25) is 10.1 Å². The second-order valence-electron chi connectivity index (χ2n) is 4.57. The number of rotatable bonds is 3. The Morgan fingerprint density at radius 1 is 1.29 bits per heavy atom. The maximum Gasteiger partial charge on any atom is 0.294 e. The van der Waals surface area contributed by atoms with Crippen LogP contribution in [0.15, 0.2) is 36.4 Å². The van der Waals surface area contributed by atoms with Crippen molar-refractivity contribution in [3.8, 4) is 0 Å². The minimum Gasteiger partial charge on any atom is -0.399 e. The summed E-state index contributed by atoms with van der Waals surface area (Å²) >= 11 is 1.44. The van der Waals surface area contributed by atoms with Crippen LogP contribution in [0.1, 0.15) is 5.01 Å². The minimum atomic E-state index is -0.395. The molecule has 21 heavy (non-hydrogen) atoms. The number of nitro groups is 1. The van der Waals surface area contributed by atoms with E-state index in [1.165, 1.54) is 11.3 Å². The SMILES string of the molecule is Cc1nc2cc(Nc3ccc(N)cc3)c([N+](=O)[O-])cc2s1. The zero-order valence-corrected chi connectivity index (χ0v) is 12.0. The predicted molar refractivity (Wildman–Crippen MR) is 85.1 cm³/mol. The number of anilines is 3. The van der Waals surface area contributed by atoms with Crippen LogP contribution in [0.5, 0.6) is 0 Å². The van der Waals surface area contributed by atoms with Gasteiger partial charge in [-0.05, 0) is 37.3 Å². The van der Waals surface area contributed by atoms with Gasteiger partial charge in [0.25, 0.3) is 5.69 Å². The quantitative estimate of drug-likeness (QED) is 0.435. The highest BCUT2D eigenvalue weighted by atomic mass is 32.1. The summed E-state index contributed by atoms with van der Waals surface area (Å²) in [5.41, 5.74) is 8.21. The Morgan fingerprint density at radius 2 is 2.00 bits per heavy atom. The van der Waals surface area contributed by atoms with Crippen LogP contribution in [0.3, 0.4) is 0 Å². The van der Waals surface area contributed by atoms with E-state index in [2.05, 4.69) is 10.3 Å². The van der Waals surface area contributed by atoms with Crippen molar-refractivity contribution in [3.63, 3.8) is 0 Å². The van der Waals surface area contributed by atoms with Crippen LogP contribution in [0.25, 0.3) is 10.2 Å². The molecule has 3 N–H and O–H groups in total. The summed E-state index contributed by atoms with van der Waals surface area (Å²) in [6.45, 7) is 1.88. The van der Waals surface area contributed by atoms with E-state index in [1.54, 1.807) is 36.4 Å². The van der Waals surface area contributed by atoms with Crippen molar-refractivity contribution < 1.29 is 4.92 Å². The first-order valence-corrected chi connectivity index (χ1v) is 7.03. The van der Waals surface area contributed by atoms with Gasteiger partial charge in [-0.25, -0.2) is 4.98 Å². The number of nitro benzene ring substituents is 1. The number of hydrogen-bond acceptors (Lipinski definition) is 6. The van der Waals surface area contributed by atoms with Gasteiger partial charge in [0, 0.05) is 17.4 Å². The summed E-state index contributed by atoms with van der Waals surface area (Å²) < 4.78 is 0.807. The maximum atomic E-state index is 11.2. The minimum absolute atomic E-state index is 0.0305. The number of nitrogens with zero attached hydrogens (tertiary/aromatic N) is 2. The summed E-state index contributed by atoms with van der Waals surface area (Å²) in [7, 11) is 0. The van der Waals surface area contributed by atoms with Gasteiger partial charge in [0.05, 0.1) is 20.1 Å². The van der Waals surface area contributed by atoms with E-state index in [9.17, 15) is 10.1 Å². The van der Waals surface area contributed by atoms with Gasteiger partial charge in [-0.1, -0.05) is 0 Å². The molecule has 0 atom stereocenters. The monoisotopic (exact) mass is 300 g/mol. The van der Waals surface area contributed by atoms with Crippen molar-refractivity contribution in [3.05, 3.63) is 51.5 Å². The Labute approximate surface area is 124 Å². The van der Waals surface area contributed by atoms with Crippen molar-refractivity contribution in [1.29, 1.82) is 0 Å². The first kappa shape index (κ1) is 13.3. The molecule has 0 aliphatic heterocycles. The van der Waals surface area contributed by atoms with Crippen LogP contribution < -0.4 is 11.1 Å². The zero-order valence-electron chi connectivity index (χ0n) is 11.2. The molecule has 3 aromatic rings. The molecule has 0 amide bonds. The average Bonchev–Trinajstić information content (AvgIpc) is 2.79. The van der Waals surface area contributed by atoms with Crippen molar-refractivity contribution in [2.45, 2.75) is 6.92 Å². The standard InChI is InChI=1S/C14H12N4O2S/c1-8-16-12-6-11(13(18(19)20)7-14(12)21-8)17-10-4-2-9(15)3-5-10/h2-7,17H,15H2,1H3. The zero-order chi connectivity index (χ0) is 15.0. The van der Waals surface area contributed by atoms with Crippen LogP contribution in [-0.4, -0.2) is 9.91 Å². The lowest BCUT2D eigenvalue weighted by Gasteiger charge is -2.07. The third-order valence-corrected chi connectivity index (χ3v) is 3.93. The summed E-state index contributed by atoms with van der Waals surface area (Å²) in [5.74, 6) is 0. The smallest absolute Gasteiger partial charge is 0.294 e. The number of nitrogens with two attached hydrogens (primary N) is 1. The Kier molecular flexibility index (Phi) is 3.19. The van der Waals surface area contributed by atoms with E-state index < -0.39 is 4.92 Å². The average molecular weight is 300 g/mol. The Morgan fingerprint density at radius 3 is 2.67 bits per heavy atom. The van der Waals surface area contributed by atoms with Gasteiger partial charge >= 0.3 is 0 Å². The lowest BCUT2D eigenvalue weighted by molar-refractivity contribution is -0.383. The number of thiazole rings is 1. The number of hydrogen-bond donors (Lipinski definition) is 2. The van der Waals surface area contributed by atoms with Crippen molar-refractivity contribution in [1.82, 2.24) is 4.98 Å². The molecule has 0 saturated heterocycles. The van der Waals surface area contributed by atoms with Crippen LogP contribution in [0.2, 0.25) is 0 Å². The molecule has 106 valence electrons. The summed E-state index contributed by atoms with van der Waals surface area (Å²) in [6.07, 6.45) is 0. The van der Waals surface area contributed by atoms with E-state index in [0.717, 1.165) is 20.9 Å². The van der Waals surface area contributed by atoms with Gasteiger partial charge in [-0.15, -0.1) is 11.3 Å². The fraction of sp³-hybridized carbons (Fsp3) is 0.0714. The second kappa shape index (κ2) is 5.02. The summed E-state index contributed by atoms with van der Waals surface area (Å²) in [4.78, 5) is 15.2. The van der Waals surface area contributed by atoms with Gasteiger partial charge in [0.1, 0.15) is 5.69 Å². The molecule has 7 heteroatoms. The normalized spacial score (nSPS) is 10.7. The highest BCUT2D eigenvalue weighted by molar-refractivity contribution is 7.18. The third kappa shape index (κ3) is 2.63. The molecule has 0 spiro atoms. The summed E-state index contributed by atoms with van der Waals surface area (Å²) in [5, 5.41) is 15.2. The molecule has 0 aliphatic carbocycles. The molecule has 0 radical (unpaired) electrons. The van der Waals surface area contributed by atoms with E-state index in [-0.39, 0.29) is 5.69 Å². The van der Waals surface area contributed by atoms with E-state index in [4.69, 9.17) is 5.73 Å². The molecule has 0 fully saturated rings. The topological polar surface area (TPSA) is 94.1 Å². The Bertz CT molecular complexity index is 827. The summed E-state index contributed by atoms with van der Waals surface area (Å²) in [6, 6.07) is 10.3. The highest BCUT2D eigenvalue weighted by Crippen LogP contribution is 2.34. The number of aromatic nitrogens is 1. The molecule has 0 unspecified atom stereocenters. The fourth-order valence-electron chi connectivity index (χ4n) is 2.05. The van der Waals surface area contributed by atoms with Gasteiger partial charge < -0.3 is 11.1 Å². The van der Waals surface area contributed by atoms with Crippen molar-refractivity contribution >= 4 is 44.3 Å².